The number of aliphatic hydroxyl groups excluding tert-OH is 1. The second-order valence-electron chi connectivity index (χ2n) is 7.80. The van der Waals surface area contributed by atoms with Crippen molar-refractivity contribution in [3.05, 3.63) is 29.6 Å². The van der Waals surface area contributed by atoms with Gasteiger partial charge in [-0.2, -0.15) is 0 Å². The van der Waals surface area contributed by atoms with E-state index in [1.165, 1.54) is 0 Å². The molecule has 138 valence electrons. The third kappa shape index (κ3) is 3.42. The fraction of sp³-hybridized carbons (Fsp3) is 0.700. The van der Waals surface area contributed by atoms with Gasteiger partial charge in [-0.15, -0.1) is 0 Å². The summed E-state index contributed by atoms with van der Waals surface area (Å²) in [7, 11) is 0. The van der Waals surface area contributed by atoms with Crippen molar-refractivity contribution < 1.29 is 19.0 Å². The van der Waals surface area contributed by atoms with E-state index < -0.39 is 6.10 Å². The molecule has 4 rings (SSSR count). The van der Waals surface area contributed by atoms with Gasteiger partial charge in [-0.3, -0.25) is 0 Å². The number of fused-ring (bicyclic) bond motifs is 2. The Hall–Kier alpha value is -1.17. The van der Waals surface area contributed by atoms with Crippen molar-refractivity contribution in [2.75, 3.05) is 37.8 Å². The normalized spacial score (nSPS) is 24.0. The SMILES string of the molecule is O[C@@H](COC1CCOCC1)CN1CC2(CCCC2)c2c(F)cccc21. The van der Waals surface area contributed by atoms with E-state index in [-0.39, 0.29) is 17.3 Å². The first-order valence-corrected chi connectivity index (χ1v) is 9.59. The lowest BCUT2D eigenvalue weighted by molar-refractivity contribution is -0.0575. The van der Waals surface area contributed by atoms with Crippen LogP contribution < -0.4 is 4.90 Å². The standard InChI is InChI=1S/C20H28FNO3/c21-17-4-3-5-18-19(17)20(8-1-2-9-20)14-22(18)12-15(23)13-25-16-6-10-24-11-7-16/h3-5,15-16,23H,1-2,6-14H2/t15-/m1/s1. The minimum atomic E-state index is -0.560. The first-order chi connectivity index (χ1) is 12.2. The van der Waals surface area contributed by atoms with Gasteiger partial charge in [0.1, 0.15) is 5.82 Å². The molecule has 4 nitrogen and oxygen atoms in total. The van der Waals surface area contributed by atoms with E-state index in [0.717, 1.165) is 69.5 Å². The number of hydrogen-bond donors (Lipinski definition) is 1. The van der Waals surface area contributed by atoms with Crippen molar-refractivity contribution in [2.24, 2.45) is 0 Å². The number of ether oxygens (including phenoxy) is 2. The molecule has 1 aromatic carbocycles. The van der Waals surface area contributed by atoms with Gasteiger partial charge in [0.05, 0.1) is 18.8 Å². The number of β-amino-alcohol motifs (C(OH)–C–C–N with tert-alkyl or cyclic N) is 1. The van der Waals surface area contributed by atoms with Crippen molar-refractivity contribution in [3.8, 4) is 0 Å². The van der Waals surface area contributed by atoms with Crippen LogP contribution in [-0.4, -0.2) is 50.2 Å². The van der Waals surface area contributed by atoms with Crippen LogP contribution >= 0.6 is 0 Å². The molecule has 5 heteroatoms. The average Bonchev–Trinajstić information content (AvgIpc) is 3.21. The van der Waals surface area contributed by atoms with Gasteiger partial charge >= 0.3 is 0 Å². The third-order valence-corrected chi connectivity index (χ3v) is 6.04. The van der Waals surface area contributed by atoms with Crippen LogP contribution in [0.25, 0.3) is 0 Å². The van der Waals surface area contributed by atoms with Crippen LogP contribution in [0.3, 0.4) is 0 Å². The molecule has 1 N–H and O–H groups in total. The van der Waals surface area contributed by atoms with E-state index in [2.05, 4.69) is 4.90 Å². The molecular weight excluding hydrogens is 321 g/mol. The first kappa shape index (κ1) is 17.3. The Labute approximate surface area is 148 Å². The largest absolute Gasteiger partial charge is 0.389 e. The molecule has 3 aliphatic rings. The van der Waals surface area contributed by atoms with Gasteiger partial charge in [-0.05, 0) is 37.8 Å². The van der Waals surface area contributed by atoms with Crippen molar-refractivity contribution >= 4 is 5.69 Å². The molecule has 0 bridgehead atoms. The Morgan fingerprint density at radius 2 is 2.04 bits per heavy atom. The minimum absolute atomic E-state index is 0.0536. The zero-order chi connectivity index (χ0) is 17.3. The van der Waals surface area contributed by atoms with Crippen LogP contribution in [0.2, 0.25) is 0 Å². The predicted octanol–water partition coefficient (Wildman–Crippen LogP) is 3.01. The van der Waals surface area contributed by atoms with Gasteiger partial charge in [-0.1, -0.05) is 18.9 Å². The zero-order valence-electron chi connectivity index (χ0n) is 14.8. The minimum Gasteiger partial charge on any atom is -0.389 e. The van der Waals surface area contributed by atoms with E-state index in [9.17, 15) is 9.50 Å². The molecule has 1 aromatic rings. The summed E-state index contributed by atoms with van der Waals surface area (Å²) in [6.45, 7) is 3.13. The van der Waals surface area contributed by atoms with Crippen LogP contribution in [0, 0.1) is 5.82 Å². The van der Waals surface area contributed by atoms with E-state index in [0.29, 0.717) is 13.2 Å². The Morgan fingerprint density at radius 3 is 2.80 bits per heavy atom. The van der Waals surface area contributed by atoms with Gasteiger partial charge in [-0.25, -0.2) is 4.39 Å². The summed E-state index contributed by atoms with van der Waals surface area (Å²) in [5, 5.41) is 10.5. The second kappa shape index (κ2) is 7.22. The maximum atomic E-state index is 14.6. The van der Waals surface area contributed by atoms with Crippen LogP contribution in [0.4, 0.5) is 10.1 Å². The summed E-state index contributed by atoms with van der Waals surface area (Å²) in [4.78, 5) is 2.17. The fourth-order valence-electron chi connectivity index (χ4n) is 4.85. The number of aliphatic hydroxyl groups is 1. The summed E-state index contributed by atoms with van der Waals surface area (Å²) in [5.41, 5.74) is 1.79. The number of hydrogen-bond acceptors (Lipinski definition) is 4. The van der Waals surface area contributed by atoms with Crippen molar-refractivity contribution in [1.29, 1.82) is 0 Å². The maximum Gasteiger partial charge on any atom is 0.129 e. The molecular formula is C20H28FNO3. The highest BCUT2D eigenvalue weighted by Crippen LogP contribution is 2.51. The summed E-state index contributed by atoms with van der Waals surface area (Å²) in [6.07, 6.45) is 5.84. The van der Waals surface area contributed by atoms with E-state index >= 15 is 0 Å². The average molecular weight is 349 g/mol. The lowest BCUT2D eigenvalue weighted by Crippen LogP contribution is -2.38. The van der Waals surface area contributed by atoms with E-state index in [1.807, 2.05) is 6.07 Å². The Balaban J connectivity index is 1.42. The molecule has 1 spiro atoms. The highest BCUT2D eigenvalue weighted by molar-refractivity contribution is 5.63. The van der Waals surface area contributed by atoms with E-state index in [4.69, 9.17) is 9.47 Å². The number of benzene rings is 1. The van der Waals surface area contributed by atoms with Crippen molar-refractivity contribution in [1.82, 2.24) is 0 Å². The van der Waals surface area contributed by atoms with Crippen molar-refractivity contribution in [2.45, 2.75) is 56.1 Å². The van der Waals surface area contributed by atoms with Crippen molar-refractivity contribution in [3.63, 3.8) is 0 Å². The molecule has 0 unspecified atom stereocenters. The first-order valence-electron chi connectivity index (χ1n) is 9.59. The van der Waals surface area contributed by atoms with Crippen LogP contribution in [-0.2, 0) is 14.9 Å². The summed E-state index contributed by atoms with van der Waals surface area (Å²) < 4.78 is 25.7. The van der Waals surface area contributed by atoms with Crippen LogP contribution in [0.5, 0.6) is 0 Å². The molecule has 0 aromatic heterocycles. The Morgan fingerprint density at radius 1 is 1.28 bits per heavy atom. The molecule has 1 atom stereocenters. The summed E-state index contributed by atoms with van der Waals surface area (Å²) in [6, 6.07) is 5.35. The predicted molar refractivity (Wildman–Crippen MR) is 94.6 cm³/mol. The van der Waals surface area contributed by atoms with E-state index in [1.54, 1.807) is 12.1 Å². The third-order valence-electron chi connectivity index (χ3n) is 6.04. The summed E-state index contributed by atoms with van der Waals surface area (Å²) >= 11 is 0. The summed E-state index contributed by atoms with van der Waals surface area (Å²) in [5.74, 6) is -0.0881. The van der Waals surface area contributed by atoms with Crippen LogP contribution in [0.15, 0.2) is 18.2 Å². The lowest BCUT2D eigenvalue weighted by Gasteiger charge is -2.28. The molecule has 2 aliphatic heterocycles. The molecule has 1 saturated carbocycles. The highest BCUT2D eigenvalue weighted by atomic mass is 19.1. The zero-order valence-corrected chi connectivity index (χ0v) is 14.8. The molecule has 25 heavy (non-hydrogen) atoms. The van der Waals surface area contributed by atoms with Gasteiger partial charge < -0.3 is 19.5 Å². The number of anilines is 1. The topological polar surface area (TPSA) is 41.9 Å². The molecule has 1 aliphatic carbocycles. The van der Waals surface area contributed by atoms with Gasteiger partial charge in [0.25, 0.3) is 0 Å². The smallest absolute Gasteiger partial charge is 0.129 e. The Kier molecular flexibility index (Phi) is 4.98. The molecule has 0 amide bonds. The van der Waals surface area contributed by atoms with Crippen LogP contribution in [0.1, 0.15) is 44.1 Å². The molecule has 2 heterocycles. The van der Waals surface area contributed by atoms with Gasteiger partial charge in [0.2, 0.25) is 0 Å². The van der Waals surface area contributed by atoms with Gasteiger partial charge in [0, 0.05) is 43.0 Å². The quantitative estimate of drug-likeness (QED) is 0.887. The number of rotatable bonds is 5. The molecule has 1 saturated heterocycles. The highest BCUT2D eigenvalue weighted by Gasteiger charge is 2.46. The maximum absolute atomic E-state index is 14.6. The number of halogens is 1. The molecule has 0 radical (unpaired) electrons. The monoisotopic (exact) mass is 349 g/mol. The lowest BCUT2D eigenvalue weighted by atomic mass is 9.80. The fourth-order valence-corrected chi connectivity index (χ4v) is 4.85. The Bertz CT molecular complexity index is 597. The second-order valence-corrected chi connectivity index (χ2v) is 7.80. The number of nitrogens with zero attached hydrogens (tertiary/aromatic N) is 1. The van der Waals surface area contributed by atoms with Gasteiger partial charge in [0.15, 0.2) is 0 Å². The molecule has 2 fully saturated rings.